The average molecular weight is 265 g/mol. The normalized spacial score (nSPS) is 17.4. The summed E-state index contributed by atoms with van der Waals surface area (Å²) >= 11 is 6.00. The van der Waals surface area contributed by atoms with Crippen molar-refractivity contribution in [2.45, 2.75) is 6.54 Å². The number of ether oxygens (including phenoxy) is 1. The van der Waals surface area contributed by atoms with Crippen LogP contribution < -0.4 is 0 Å². The van der Waals surface area contributed by atoms with Crippen molar-refractivity contribution in [2.24, 2.45) is 0 Å². The molecule has 0 amide bonds. The van der Waals surface area contributed by atoms with E-state index < -0.39 is 0 Å². The minimum atomic E-state index is 0.799. The highest BCUT2D eigenvalue weighted by Gasteiger charge is 2.10. The lowest BCUT2D eigenvalue weighted by atomic mass is 10.2. The van der Waals surface area contributed by atoms with Crippen LogP contribution in [0.25, 0.3) is 10.9 Å². The fourth-order valence-electron chi connectivity index (χ4n) is 2.44. The van der Waals surface area contributed by atoms with Crippen LogP contribution >= 0.6 is 11.6 Å². The van der Waals surface area contributed by atoms with E-state index in [2.05, 4.69) is 27.8 Å². The first kappa shape index (κ1) is 12.0. The summed E-state index contributed by atoms with van der Waals surface area (Å²) in [6.07, 6.45) is 2.14. The Morgan fingerprint density at radius 2 is 1.94 bits per heavy atom. The molecule has 0 aliphatic carbocycles. The molecule has 0 spiro atoms. The van der Waals surface area contributed by atoms with Crippen LogP contribution in [-0.2, 0) is 11.3 Å². The monoisotopic (exact) mass is 264 g/mol. The molecule has 2 heterocycles. The lowest BCUT2D eigenvalue weighted by molar-refractivity contribution is 0.0365. The number of rotatable bonds is 3. The fourth-order valence-corrected chi connectivity index (χ4v) is 2.62. The quantitative estimate of drug-likeness (QED) is 0.848. The molecular formula is C14H17ClN2O. The molecular weight excluding hydrogens is 248 g/mol. The molecule has 1 aromatic carbocycles. The Morgan fingerprint density at radius 1 is 1.11 bits per heavy atom. The van der Waals surface area contributed by atoms with E-state index >= 15 is 0 Å². The number of morpholine rings is 1. The molecule has 0 radical (unpaired) electrons. The third kappa shape index (κ3) is 2.53. The van der Waals surface area contributed by atoms with E-state index in [1.807, 2.05) is 12.1 Å². The van der Waals surface area contributed by atoms with E-state index in [9.17, 15) is 0 Å². The first-order valence-electron chi connectivity index (χ1n) is 6.37. The molecule has 0 bridgehead atoms. The molecule has 2 aromatic rings. The van der Waals surface area contributed by atoms with Crippen molar-refractivity contribution in [3.05, 3.63) is 35.5 Å². The van der Waals surface area contributed by atoms with Gasteiger partial charge in [-0.15, -0.1) is 0 Å². The maximum Gasteiger partial charge on any atom is 0.0594 e. The van der Waals surface area contributed by atoms with E-state index in [0.29, 0.717) is 0 Å². The van der Waals surface area contributed by atoms with Crippen LogP contribution in [0.15, 0.2) is 30.5 Å². The van der Waals surface area contributed by atoms with Gasteiger partial charge < -0.3 is 9.30 Å². The summed E-state index contributed by atoms with van der Waals surface area (Å²) in [5, 5.41) is 2.01. The molecule has 1 aromatic heterocycles. The van der Waals surface area contributed by atoms with Crippen LogP contribution in [0.4, 0.5) is 0 Å². The van der Waals surface area contributed by atoms with Crippen molar-refractivity contribution in [3.63, 3.8) is 0 Å². The molecule has 0 unspecified atom stereocenters. The average Bonchev–Trinajstić information content (AvgIpc) is 2.80. The Balaban J connectivity index is 1.70. The smallest absolute Gasteiger partial charge is 0.0594 e. The Hall–Kier alpha value is -1.03. The zero-order valence-electron chi connectivity index (χ0n) is 10.3. The molecule has 0 atom stereocenters. The van der Waals surface area contributed by atoms with Crippen LogP contribution in [0.1, 0.15) is 0 Å². The number of fused-ring (bicyclic) bond motifs is 1. The molecule has 1 saturated heterocycles. The summed E-state index contributed by atoms with van der Waals surface area (Å²) in [5.74, 6) is 0. The largest absolute Gasteiger partial charge is 0.379 e. The van der Waals surface area contributed by atoms with Crippen molar-refractivity contribution in [1.82, 2.24) is 9.47 Å². The highest BCUT2D eigenvalue weighted by molar-refractivity contribution is 6.31. The lowest BCUT2D eigenvalue weighted by Crippen LogP contribution is -2.38. The molecule has 3 rings (SSSR count). The predicted octanol–water partition coefficient (Wildman–Crippen LogP) is 2.63. The van der Waals surface area contributed by atoms with Gasteiger partial charge in [-0.2, -0.15) is 0 Å². The second kappa shape index (κ2) is 5.31. The van der Waals surface area contributed by atoms with Gasteiger partial charge in [0.2, 0.25) is 0 Å². The third-order valence-electron chi connectivity index (χ3n) is 3.49. The molecule has 0 saturated carbocycles. The number of hydrogen-bond acceptors (Lipinski definition) is 2. The van der Waals surface area contributed by atoms with Crippen molar-refractivity contribution in [2.75, 3.05) is 32.8 Å². The molecule has 1 aliphatic heterocycles. The van der Waals surface area contributed by atoms with Crippen molar-refractivity contribution in [3.8, 4) is 0 Å². The second-order valence-electron chi connectivity index (χ2n) is 4.67. The highest BCUT2D eigenvalue weighted by atomic mass is 35.5. The maximum atomic E-state index is 6.00. The van der Waals surface area contributed by atoms with Gasteiger partial charge in [-0.25, -0.2) is 0 Å². The molecule has 1 aliphatic rings. The van der Waals surface area contributed by atoms with Crippen LogP contribution in [0, 0.1) is 0 Å². The summed E-state index contributed by atoms with van der Waals surface area (Å²) in [6, 6.07) is 8.19. The summed E-state index contributed by atoms with van der Waals surface area (Å²) in [5.41, 5.74) is 1.26. The van der Waals surface area contributed by atoms with Gasteiger partial charge >= 0.3 is 0 Å². The molecule has 0 N–H and O–H groups in total. The van der Waals surface area contributed by atoms with E-state index in [4.69, 9.17) is 16.3 Å². The number of aromatic nitrogens is 1. The van der Waals surface area contributed by atoms with Gasteiger partial charge in [0.05, 0.1) is 13.2 Å². The number of halogens is 1. The second-order valence-corrected chi connectivity index (χ2v) is 5.10. The Bertz CT molecular complexity index is 532. The zero-order valence-corrected chi connectivity index (χ0v) is 11.1. The predicted molar refractivity (Wildman–Crippen MR) is 74.2 cm³/mol. The van der Waals surface area contributed by atoms with E-state index in [-0.39, 0.29) is 0 Å². The first-order chi connectivity index (χ1) is 8.83. The molecule has 18 heavy (non-hydrogen) atoms. The van der Waals surface area contributed by atoms with Gasteiger partial charge in [0, 0.05) is 48.3 Å². The standard InChI is InChI=1S/C14H17ClN2O/c15-13-1-2-14-12(11-13)3-4-17(14)6-5-16-7-9-18-10-8-16/h1-4,11H,5-10H2. The first-order valence-corrected chi connectivity index (χ1v) is 6.75. The molecule has 96 valence electrons. The highest BCUT2D eigenvalue weighted by Crippen LogP contribution is 2.20. The van der Waals surface area contributed by atoms with Gasteiger partial charge in [-0.05, 0) is 24.3 Å². The Morgan fingerprint density at radius 3 is 2.78 bits per heavy atom. The van der Waals surface area contributed by atoms with Crippen molar-refractivity contribution < 1.29 is 4.74 Å². The van der Waals surface area contributed by atoms with Gasteiger partial charge in [0.15, 0.2) is 0 Å². The van der Waals surface area contributed by atoms with Gasteiger partial charge in [-0.3, -0.25) is 4.90 Å². The number of hydrogen-bond donors (Lipinski definition) is 0. The van der Waals surface area contributed by atoms with Crippen LogP contribution in [0.2, 0.25) is 5.02 Å². The van der Waals surface area contributed by atoms with E-state index in [0.717, 1.165) is 44.4 Å². The van der Waals surface area contributed by atoms with Crippen molar-refractivity contribution >= 4 is 22.5 Å². The summed E-state index contributed by atoms with van der Waals surface area (Å²) in [6.45, 7) is 5.92. The van der Waals surface area contributed by atoms with Crippen LogP contribution in [0.5, 0.6) is 0 Å². The number of benzene rings is 1. The van der Waals surface area contributed by atoms with Gasteiger partial charge in [0.1, 0.15) is 0 Å². The van der Waals surface area contributed by atoms with E-state index in [1.165, 1.54) is 10.9 Å². The SMILES string of the molecule is Clc1ccc2c(ccn2CCN2CCOCC2)c1. The summed E-state index contributed by atoms with van der Waals surface area (Å²) < 4.78 is 7.65. The van der Waals surface area contributed by atoms with E-state index in [1.54, 1.807) is 0 Å². The third-order valence-corrected chi connectivity index (χ3v) is 3.73. The van der Waals surface area contributed by atoms with Gasteiger partial charge in [0.25, 0.3) is 0 Å². The molecule has 3 nitrogen and oxygen atoms in total. The van der Waals surface area contributed by atoms with Crippen molar-refractivity contribution in [1.29, 1.82) is 0 Å². The zero-order chi connectivity index (χ0) is 12.4. The van der Waals surface area contributed by atoms with Crippen LogP contribution in [-0.4, -0.2) is 42.3 Å². The summed E-state index contributed by atoms with van der Waals surface area (Å²) in [4.78, 5) is 2.45. The Labute approximate surface area is 112 Å². The topological polar surface area (TPSA) is 17.4 Å². The summed E-state index contributed by atoms with van der Waals surface area (Å²) in [7, 11) is 0. The Kier molecular flexibility index (Phi) is 3.55. The molecule has 1 fully saturated rings. The molecule has 4 heteroatoms. The maximum absolute atomic E-state index is 6.00. The minimum absolute atomic E-state index is 0.799. The lowest BCUT2D eigenvalue weighted by Gasteiger charge is -2.26. The number of nitrogens with zero attached hydrogens (tertiary/aromatic N) is 2. The van der Waals surface area contributed by atoms with Gasteiger partial charge in [-0.1, -0.05) is 11.6 Å². The fraction of sp³-hybridized carbons (Fsp3) is 0.429. The van der Waals surface area contributed by atoms with Crippen LogP contribution in [0.3, 0.4) is 0 Å². The minimum Gasteiger partial charge on any atom is -0.379 e.